The van der Waals surface area contributed by atoms with E-state index in [1.54, 1.807) is 0 Å². The number of halogens is 2. The van der Waals surface area contributed by atoms with Crippen molar-refractivity contribution in [3.8, 4) is 34.2 Å². The lowest BCUT2D eigenvalue weighted by atomic mass is 10.1. The quantitative estimate of drug-likeness (QED) is 0.247. The van der Waals surface area contributed by atoms with Crippen molar-refractivity contribution in [2.45, 2.75) is 0 Å². The summed E-state index contributed by atoms with van der Waals surface area (Å²) < 4.78 is 34.9. The fourth-order valence-electron chi connectivity index (χ4n) is 4.98. The van der Waals surface area contributed by atoms with E-state index >= 15 is 8.78 Å². The summed E-state index contributed by atoms with van der Waals surface area (Å²) in [5.41, 5.74) is 5.13. The maximum Gasteiger partial charge on any atom is 0.148 e. The van der Waals surface area contributed by atoms with E-state index in [0.29, 0.717) is 22.7 Å². The molecule has 0 fully saturated rings. The van der Waals surface area contributed by atoms with E-state index in [9.17, 15) is 0 Å². The number of imidazole rings is 2. The molecule has 0 aliphatic carbocycles. The first-order valence-electron chi connectivity index (χ1n) is 12.2. The van der Waals surface area contributed by atoms with Crippen molar-refractivity contribution < 1.29 is 8.78 Å². The van der Waals surface area contributed by atoms with Crippen LogP contribution in [0.5, 0.6) is 0 Å². The molecule has 5 aromatic carbocycles. The average molecular weight is 499 g/mol. The second kappa shape index (κ2) is 8.78. The molecule has 0 bridgehead atoms. The number of hydrogen-bond acceptors (Lipinski definition) is 2. The summed E-state index contributed by atoms with van der Waals surface area (Å²) >= 11 is 0. The molecule has 0 spiro atoms. The van der Waals surface area contributed by atoms with Gasteiger partial charge in [-0.05, 0) is 54.6 Å². The van der Waals surface area contributed by atoms with Gasteiger partial charge in [0.2, 0.25) is 0 Å². The SMILES string of the molecule is Fc1cc(F)c(-c2nc3ccccc3n2-c2ccccc2)cc1-c1nc2ccccc2n1-c1ccccc1. The highest BCUT2D eigenvalue weighted by atomic mass is 19.1. The highest BCUT2D eigenvalue weighted by molar-refractivity contribution is 5.86. The second-order valence-corrected chi connectivity index (χ2v) is 9.00. The molecule has 7 rings (SSSR count). The van der Waals surface area contributed by atoms with Crippen molar-refractivity contribution in [2.24, 2.45) is 0 Å². The number of benzene rings is 5. The topological polar surface area (TPSA) is 35.6 Å². The smallest absolute Gasteiger partial charge is 0.148 e. The van der Waals surface area contributed by atoms with E-state index in [-0.39, 0.29) is 11.1 Å². The molecular weight excluding hydrogens is 478 g/mol. The lowest BCUT2D eigenvalue weighted by Crippen LogP contribution is -2.03. The van der Waals surface area contributed by atoms with Gasteiger partial charge in [0.1, 0.15) is 23.3 Å². The number of rotatable bonds is 4. The minimum Gasteiger partial charge on any atom is -0.292 e. The van der Waals surface area contributed by atoms with Gasteiger partial charge in [-0.3, -0.25) is 9.13 Å². The summed E-state index contributed by atoms with van der Waals surface area (Å²) in [5.74, 6) is -0.612. The number of para-hydroxylation sites is 6. The number of aromatic nitrogens is 4. The number of hydrogen-bond donors (Lipinski definition) is 0. The molecule has 0 amide bonds. The van der Waals surface area contributed by atoms with Gasteiger partial charge < -0.3 is 0 Å². The first-order valence-corrected chi connectivity index (χ1v) is 12.2. The molecule has 0 saturated heterocycles. The zero-order valence-electron chi connectivity index (χ0n) is 20.1. The molecule has 0 saturated carbocycles. The van der Waals surface area contributed by atoms with Crippen molar-refractivity contribution >= 4 is 22.1 Å². The van der Waals surface area contributed by atoms with E-state index in [0.717, 1.165) is 28.5 Å². The lowest BCUT2D eigenvalue weighted by molar-refractivity contribution is 0.586. The van der Waals surface area contributed by atoms with Crippen LogP contribution in [0.1, 0.15) is 0 Å². The van der Waals surface area contributed by atoms with E-state index in [4.69, 9.17) is 9.97 Å². The molecule has 0 aliphatic rings. The van der Waals surface area contributed by atoms with Gasteiger partial charge in [-0.2, -0.15) is 0 Å². The van der Waals surface area contributed by atoms with Crippen LogP contribution in [0, 0.1) is 11.6 Å². The molecule has 0 radical (unpaired) electrons. The maximum atomic E-state index is 15.6. The Morgan fingerprint density at radius 1 is 0.447 bits per heavy atom. The van der Waals surface area contributed by atoms with Crippen molar-refractivity contribution in [2.75, 3.05) is 0 Å². The molecular formula is C32H20F2N4. The highest BCUT2D eigenvalue weighted by Crippen LogP contribution is 2.36. The van der Waals surface area contributed by atoms with Crippen LogP contribution >= 0.6 is 0 Å². The van der Waals surface area contributed by atoms with E-state index < -0.39 is 11.6 Å². The van der Waals surface area contributed by atoms with Crippen molar-refractivity contribution in [3.05, 3.63) is 133 Å². The van der Waals surface area contributed by atoms with Gasteiger partial charge in [0.15, 0.2) is 0 Å². The molecule has 7 aromatic rings. The van der Waals surface area contributed by atoms with Crippen LogP contribution < -0.4 is 0 Å². The number of fused-ring (bicyclic) bond motifs is 2. The summed E-state index contributed by atoms with van der Waals surface area (Å²) in [6, 6.07) is 37.0. The first kappa shape index (κ1) is 22.1. The summed E-state index contributed by atoms with van der Waals surface area (Å²) in [4.78, 5) is 9.56. The zero-order valence-corrected chi connectivity index (χ0v) is 20.1. The largest absolute Gasteiger partial charge is 0.292 e. The van der Waals surface area contributed by atoms with Gasteiger partial charge in [-0.1, -0.05) is 60.7 Å². The lowest BCUT2D eigenvalue weighted by Gasteiger charge is -2.13. The Bertz CT molecular complexity index is 1800. The monoisotopic (exact) mass is 498 g/mol. The molecule has 0 aliphatic heterocycles. The molecule has 2 heterocycles. The van der Waals surface area contributed by atoms with Crippen LogP contribution in [-0.4, -0.2) is 19.1 Å². The third-order valence-electron chi connectivity index (χ3n) is 6.69. The third kappa shape index (κ3) is 3.50. The van der Waals surface area contributed by atoms with Crippen LogP contribution in [0.15, 0.2) is 121 Å². The highest BCUT2D eigenvalue weighted by Gasteiger charge is 2.23. The van der Waals surface area contributed by atoms with Gasteiger partial charge in [-0.25, -0.2) is 18.7 Å². The fraction of sp³-hybridized carbons (Fsp3) is 0. The van der Waals surface area contributed by atoms with Crippen LogP contribution in [0.25, 0.3) is 56.2 Å². The Morgan fingerprint density at radius 3 is 1.29 bits per heavy atom. The third-order valence-corrected chi connectivity index (χ3v) is 6.69. The number of nitrogens with zero attached hydrogens (tertiary/aromatic N) is 4. The van der Waals surface area contributed by atoms with Crippen LogP contribution in [0.3, 0.4) is 0 Å². The molecule has 38 heavy (non-hydrogen) atoms. The Labute approximate surface area is 217 Å². The summed E-state index contributed by atoms with van der Waals surface area (Å²) in [6.07, 6.45) is 0. The van der Waals surface area contributed by atoms with Gasteiger partial charge in [0.25, 0.3) is 0 Å². The Hall–Kier alpha value is -5.10. The van der Waals surface area contributed by atoms with E-state index in [1.165, 1.54) is 6.07 Å². The maximum absolute atomic E-state index is 15.6. The van der Waals surface area contributed by atoms with E-state index in [1.807, 2.05) is 118 Å². The van der Waals surface area contributed by atoms with Crippen LogP contribution in [0.2, 0.25) is 0 Å². The minimum atomic E-state index is -0.693. The normalized spacial score (nSPS) is 11.4. The van der Waals surface area contributed by atoms with Gasteiger partial charge in [0.05, 0.1) is 33.2 Å². The van der Waals surface area contributed by atoms with Crippen molar-refractivity contribution in [3.63, 3.8) is 0 Å². The Kier molecular flexibility index (Phi) is 5.11. The van der Waals surface area contributed by atoms with Crippen LogP contribution in [0.4, 0.5) is 8.78 Å². The van der Waals surface area contributed by atoms with Gasteiger partial charge >= 0.3 is 0 Å². The van der Waals surface area contributed by atoms with Gasteiger partial charge in [0, 0.05) is 17.4 Å². The fourth-order valence-corrected chi connectivity index (χ4v) is 4.98. The standard InChI is InChI=1S/C32H20F2N4/c33-25-20-26(34)24(32-36-28-16-8-10-18-30(28)38(32)22-13-5-2-6-14-22)19-23(25)31-35-27-15-7-9-17-29(27)37(31)21-11-3-1-4-12-21/h1-20H. The second-order valence-electron chi connectivity index (χ2n) is 9.00. The Morgan fingerprint density at radius 2 is 0.842 bits per heavy atom. The Balaban J connectivity index is 1.52. The van der Waals surface area contributed by atoms with Crippen LogP contribution in [-0.2, 0) is 0 Å². The van der Waals surface area contributed by atoms with Crippen molar-refractivity contribution in [1.82, 2.24) is 19.1 Å². The van der Waals surface area contributed by atoms with Crippen molar-refractivity contribution in [1.29, 1.82) is 0 Å². The molecule has 6 heteroatoms. The zero-order chi connectivity index (χ0) is 25.6. The van der Waals surface area contributed by atoms with E-state index in [2.05, 4.69) is 0 Å². The predicted octanol–water partition coefficient (Wildman–Crippen LogP) is 7.98. The molecule has 0 atom stereocenters. The first-order chi connectivity index (χ1) is 18.7. The minimum absolute atomic E-state index is 0.188. The molecule has 4 nitrogen and oxygen atoms in total. The summed E-state index contributed by atoms with van der Waals surface area (Å²) in [6.45, 7) is 0. The molecule has 182 valence electrons. The average Bonchev–Trinajstić information content (AvgIpc) is 3.53. The molecule has 0 unspecified atom stereocenters. The molecule has 2 aromatic heterocycles. The molecule has 0 N–H and O–H groups in total. The summed E-state index contributed by atoms with van der Waals surface area (Å²) in [7, 11) is 0. The van der Waals surface area contributed by atoms with Gasteiger partial charge in [-0.15, -0.1) is 0 Å². The summed E-state index contributed by atoms with van der Waals surface area (Å²) in [5, 5.41) is 0. The predicted molar refractivity (Wildman–Crippen MR) is 146 cm³/mol.